The fourth-order valence-corrected chi connectivity index (χ4v) is 2.66. The molecule has 0 aliphatic heterocycles. The van der Waals surface area contributed by atoms with Crippen molar-refractivity contribution in [2.45, 2.75) is 13.3 Å². The van der Waals surface area contributed by atoms with Crippen LogP contribution in [0.25, 0.3) is 22.2 Å². The van der Waals surface area contributed by atoms with E-state index in [1.807, 2.05) is 31.2 Å². The molecule has 0 spiro atoms. The zero-order valence-electron chi connectivity index (χ0n) is 15.2. The SMILES string of the molecule is Cc1cc(OCCNC(=O)CC(=O)O)nc(-c2ccc3cc(O)ccc3c2)n1. The van der Waals surface area contributed by atoms with Gasteiger partial charge in [-0.25, -0.2) is 4.98 Å². The van der Waals surface area contributed by atoms with E-state index in [2.05, 4.69) is 15.3 Å². The lowest BCUT2D eigenvalue weighted by molar-refractivity contribution is -0.140. The predicted molar refractivity (Wildman–Crippen MR) is 102 cm³/mol. The highest BCUT2D eigenvalue weighted by molar-refractivity contribution is 5.93. The Bertz CT molecular complexity index is 1040. The van der Waals surface area contributed by atoms with E-state index in [1.165, 1.54) is 0 Å². The number of amides is 1. The number of aryl methyl sites for hydroxylation is 1. The minimum atomic E-state index is -1.18. The zero-order valence-corrected chi connectivity index (χ0v) is 15.2. The van der Waals surface area contributed by atoms with Crippen molar-refractivity contribution >= 4 is 22.6 Å². The molecule has 0 unspecified atom stereocenters. The van der Waals surface area contributed by atoms with Crippen molar-refractivity contribution in [2.75, 3.05) is 13.2 Å². The minimum absolute atomic E-state index is 0.151. The Kier molecular flexibility index (Phi) is 5.69. The molecule has 8 heteroatoms. The standard InChI is InChI=1S/C20H19N3O5/c1-12-8-18(28-7-6-21-17(25)11-19(26)27)23-20(22-12)15-3-2-14-10-16(24)5-4-13(14)9-15/h2-5,8-10,24H,6-7,11H2,1H3,(H,21,25)(H,26,27). The van der Waals surface area contributed by atoms with Gasteiger partial charge in [0.25, 0.3) is 0 Å². The smallest absolute Gasteiger partial charge is 0.312 e. The third kappa shape index (κ3) is 4.94. The number of hydrogen-bond donors (Lipinski definition) is 3. The third-order valence-electron chi connectivity index (χ3n) is 3.90. The molecule has 3 rings (SSSR count). The van der Waals surface area contributed by atoms with Crippen LogP contribution in [-0.4, -0.2) is 45.2 Å². The summed E-state index contributed by atoms with van der Waals surface area (Å²) in [6, 6.07) is 12.5. The van der Waals surface area contributed by atoms with Gasteiger partial charge in [0.2, 0.25) is 11.8 Å². The summed E-state index contributed by atoms with van der Waals surface area (Å²) in [6.07, 6.45) is -0.573. The average Bonchev–Trinajstić information content (AvgIpc) is 2.64. The van der Waals surface area contributed by atoms with Crippen LogP contribution in [0.3, 0.4) is 0 Å². The van der Waals surface area contributed by atoms with Crippen molar-refractivity contribution in [3.05, 3.63) is 48.2 Å². The molecule has 0 saturated heterocycles. The van der Waals surface area contributed by atoms with Gasteiger partial charge in [0.15, 0.2) is 5.82 Å². The number of nitrogens with zero attached hydrogens (tertiary/aromatic N) is 2. The van der Waals surface area contributed by atoms with Gasteiger partial charge in [0.05, 0.1) is 6.54 Å². The highest BCUT2D eigenvalue weighted by Gasteiger charge is 2.09. The fourth-order valence-electron chi connectivity index (χ4n) is 2.66. The van der Waals surface area contributed by atoms with Crippen LogP contribution in [0.2, 0.25) is 0 Å². The summed E-state index contributed by atoms with van der Waals surface area (Å²) in [5, 5.41) is 22.4. The fraction of sp³-hybridized carbons (Fsp3) is 0.200. The van der Waals surface area contributed by atoms with E-state index in [-0.39, 0.29) is 18.9 Å². The van der Waals surface area contributed by atoms with Gasteiger partial charge in [-0.15, -0.1) is 0 Å². The van der Waals surface area contributed by atoms with Gasteiger partial charge >= 0.3 is 5.97 Å². The molecule has 2 aromatic carbocycles. The Morgan fingerprint density at radius 2 is 1.82 bits per heavy atom. The summed E-state index contributed by atoms with van der Waals surface area (Å²) < 4.78 is 5.56. The van der Waals surface area contributed by atoms with E-state index in [0.717, 1.165) is 22.0 Å². The predicted octanol–water partition coefficient (Wildman–Crippen LogP) is 2.28. The normalized spacial score (nSPS) is 10.6. The Labute approximate surface area is 160 Å². The molecule has 0 saturated carbocycles. The number of ether oxygens (including phenoxy) is 1. The number of aliphatic carboxylic acids is 1. The second kappa shape index (κ2) is 8.34. The van der Waals surface area contributed by atoms with Gasteiger partial charge in [-0.2, -0.15) is 4.98 Å². The summed E-state index contributed by atoms with van der Waals surface area (Å²) in [5.41, 5.74) is 1.53. The Hall–Kier alpha value is -3.68. The number of nitrogens with one attached hydrogen (secondary N) is 1. The molecule has 3 aromatic rings. The second-order valence-electron chi connectivity index (χ2n) is 6.19. The number of rotatable bonds is 7. The molecule has 1 heterocycles. The maximum Gasteiger partial charge on any atom is 0.312 e. The molecule has 0 fully saturated rings. The number of fused-ring (bicyclic) bond motifs is 1. The van der Waals surface area contributed by atoms with Crippen molar-refractivity contribution in [3.63, 3.8) is 0 Å². The number of carboxylic acid groups (broad SMARTS) is 1. The Morgan fingerprint density at radius 3 is 2.61 bits per heavy atom. The molecule has 1 amide bonds. The van der Waals surface area contributed by atoms with Crippen molar-refractivity contribution in [2.24, 2.45) is 0 Å². The van der Waals surface area contributed by atoms with Gasteiger partial charge in [-0.05, 0) is 35.9 Å². The van der Waals surface area contributed by atoms with Crippen LogP contribution in [0.5, 0.6) is 11.6 Å². The molecular formula is C20H19N3O5. The van der Waals surface area contributed by atoms with Crippen molar-refractivity contribution in [3.8, 4) is 23.0 Å². The first-order chi connectivity index (χ1) is 13.4. The van der Waals surface area contributed by atoms with Crippen LogP contribution in [0.1, 0.15) is 12.1 Å². The van der Waals surface area contributed by atoms with Crippen LogP contribution in [0.4, 0.5) is 0 Å². The van der Waals surface area contributed by atoms with Gasteiger partial charge in [-0.3, -0.25) is 9.59 Å². The van der Waals surface area contributed by atoms with Crippen LogP contribution in [0.15, 0.2) is 42.5 Å². The summed E-state index contributed by atoms with van der Waals surface area (Å²) in [6.45, 7) is 2.15. The van der Waals surface area contributed by atoms with E-state index >= 15 is 0 Å². The number of aromatic nitrogens is 2. The number of carbonyl (C=O) groups excluding carboxylic acids is 1. The largest absolute Gasteiger partial charge is 0.508 e. The lowest BCUT2D eigenvalue weighted by Crippen LogP contribution is -2.29. The van der Waals surface area contributed by atoms with Crippen molar-refractivity contribution < 1.29 is 24.5 Å². The molecule has 0 radical (unpaired) electrons. The maximum absolute atomic E-state index is 11.3. The topological polar surface area (TPSA) is 122 Å². The number of benzene rings is 2. The van der Waals surface area contributed by atoms with Crippen LogP contribution in [-0.2, 0) is 9.59 Å². The quantitative estimate of drug-likeness (QED) is 0.424. The number of phenols is 1. The number of aromatic hydroxyl groups is 1. The van der Waals surface area contributed by atoms with Crippen LogP contribution >= 0.6 is 0 Å². The minimum Gasteiger partial charge on any atom is -0.508 e. The monoisotopic (exact) mass is 381 g/mol. The van der Waals surface area contributed by atoms with E-state index in [4.69, 9.17) is 9.84 Å². The van der Waals surface area contributed by atoms with Crippen LogP contribution in [0, 0.1) is 6.92 Å². The number of carbonyl (C=O) groups is 2. The van der Waals surface area contributed by atoms with Gasteiger partial charge in [-0.1, -0.05) is 18.2 Å². The zero-order chi connectivity index (χ0) is 20.1. The molecule has 1 aromatic heterocycles. The van der Waals surface area contributed by atoms with Gasteiger partial charge in [0, 0.05) is 17.3 Å². The molecule has 8 nitrogen and oxygen atoms in total. The second-order valence-corrected chi connectivity index (χ2v) is 6.19. The van der Waals surface area contributed by atoms with Crippen molar-refractivity contribution in [1.29, 1.82) is 0 Å². The van der Waals surface area contributed by atoms with E-state index in [9.17, 15) is 14.7 Å². The Balaban J connectivity index is 1.70. The first-order valence-electron chi connectivity index (χ1n) is 8.61. The Morgan fingerprint density at radius 1 is 1.07 bits per heavy atom. The molecule has 144 valence electrons. The average molecular weight is 381 g/mol. The molecule has 0 aliphatic rings. The highest BCUT2D eigenvalue weighted by Crippen LogP contribution is 2.26. The summed E-state index contributed by atoms with van der Waals surface area (Å²) in [7, 11) is 0. The molecule has 3 N–H and O–H groups in total. The van der Waals surface area contributed by atoms with Gasteiger partial charge < -0.3 is 20.3 Å². The number of phenolic OH excluding ortho intramolecular Hbond substituents is 1. The summed E-state index contributed by atoms with van der Waals surface area (Å²) in [4.78, 5) is 30.6. The first kappa shape index (κ1) is 19.1. The summed E-state index contributed by atoms with van der Waals surface area (Å²) in [5.74, 6) is -0.684. The maximum atomic E-state index is 11.3. The highest BCUT2D eigenvalue weighted by atomic mass is 16.5. The third-order valence-corrected chi connectivity index (χ3v) is 3.90. The van der Waals surface area contributed by atoms with Gasteiger partial charge in [0.1, 0.15) is 18.8 Å². The van der Waals surface area contributed by atoms with E-state index in [0.29, 0.717) is 11.7 Å². The number of carboxylic acids is 1. The molecule has 0 aliphatic carbocycles. The summed E-state index contributed by atoms with van der Waals surface area (Å²) >= 11 is 0. The molecule has 28 heavy (non-hydrogen) atoms. The van der Waals surface area contributed by atoms with Crippen molar-refractivity contribution in [1.82, 2.24) is 15.3 Å². The van der Waals surface area contributed by atoms with E-state index in [1.54, 1.807) is 18.2 Å². The molecule has 0 atom stereocenters. The lowest BCUT2D eigenvalue weighted by Gasteiger charge is -2.09. The molecule has 0 bridgehead atoms. The van der Waals surface area contributed by atoms with E-state index < -0.39 is 18.3 Å². The molecular weight excluding hydrogens is 362 g/mol. The first-order valence-corrected chi connectivity index (χ1v) is 8.61. The lowest BCUT2D eigenvalue weighted by atomic mass is 10.1. The number of hydrogen-bond acceptors (Lipinski definition) is 6. The van der Waals surface area contributed by atoms with Crippen LogP contribution < -0.4 is 10.1 Å².